The molecule has 0 bridgehead atoms. The predicted molar refractivity (Wildman–Crippen MR) is 142 cm³/mol. The van der Waals surface area contributed by atoms with Gasteiger partial charge in [-0.05, 0) is 53.4 Å². The van der Waals surface area contributed by atoms with Gasteiger partial charge < -0.3 is 19.5 Å². The van der Waals surface area contributed by atoms with Crippen molar-refractivity contribution in [3.8, 4) is 11.5 Å². The SMILES string of the molecule is COC(=O)COc1ccc([C@@H]2C[C@H](CN[C@H](C)c3cccc4ccccc34)Oc3ccccc32)cc1. The number of fused-ring (bicyclic) bond motifs is 2. The summed E-state index contributed by atoms with van der Waals surface area (Å²) in [4.78, 5) is 11.4. The van der Waals surface area contributed by atoms with Gasteiger partial charge in [0.05, 0.1) is 7.11 Å². The maximum absolute atomic E-state index is 11.4. The molecule has 0 aromatic heterocycles. The molecule has 3 atom stereocenters. The van der Waals surface area contributed by atoms with E-state index in [9.17, 15) is 4.79 Å². The van der Waals surface area contributed by atoms with E-state index in [1.807, 2.05) is 18.2 Å². The molecule has 0 spiro atoms. The summed E-state index contributed by atoms with van der Waals surface area (Å²) in [5, 5.41) is 6.25. The molecule has 1 heterocycles. The normalized spacial score (nSPS) is 17.6. The molecule has 0 radical (unpaired) electrons. The second-order valence-corrected chi connectivity index (χ2v) is 9.20. The smallest absolute Gasteiger partial charge is 0.343 e. The lowest BCUT2D eigenvalue weighted by Gasteiger charge is -2.33. The molecule has 0 aliphatic carbocycles. The van der Waals surface area contributed by atoms with E-state index in [1.54, 1.807) is 0 Å². The highest BCUT2D eigenvalue weighted by atomic mass is 16.6. The maximum atomic E-state index is 11.4. The van der Waals surface area contributed by atoms with E-state index in [1.165, 1.54) is 34.6 Å². The van der Waals surface area contributed by atoms with Crippen molar-refractivity contribution < 1.29 is 19.0 Å². The summed E-state index contributed by atoms with van der Waals surface area (Å²) < 4.78 is 16.6. The Hall–Kier alpha value is -3.83. The topological polar surface area (TPSA) is 56.8 Å². The minimum atomic E-state index is -0.398. The van der Waals surface area contributed by atoms with Gasteiger partial charge in [-0.2, -0.15) is 0 Å². The Morgan fingerprint density at radius 3 is 2.56 bits per heavy atom. The molecular formula is C31H31NO4. The van der Waals surface area contributed by atoms with E-state index >= 15 is 0 Å². The monoisotopic (exact) mass is 481 g/mol. The van der Waals surface area contributed by atoms with Gasteiger partial charge in [-0.25, -0.2) is 4.79 Å². The van der Waals surface area contributed by atoms with E-state index in [-0.39, 0.29) is 24.7 Å². The van der Waals surface area contributed by atoms with Crippen LogP contribution in [0.15, 0.2) is 91.0 Å². The minimum absolute atomic E-state index is 0.0394. The molecule has 1 N–H and O–H groups in total. The first-order valence-electron chi connectivity index (χ1n) is 12.4. The molecule has 4 aromatic rings. The summed E-state index contributed by atoms with van der Waals surface area (Å²) in [7, 11) is 1.35. The fraction of sp³-hybridized carbons (Fsp3) is 0.258. The molecule has 4 aromatic carbocycles. The second-order valence-electron chi connectivity index (χ2n) is 9.20. The Labute approximate surface area is 212 Å². The van der Waals surface area contributed by atoms with Gasteiger partial charge in [0, 0.05) is 24.1 Å². The summed E-state index contributed by atoms with van der Waals surface area (Å²) in [6.07, 6.45) is 0.909. The molecule has 1 aliphatic heterocycles. The van der Waals surface area contributed by atoms with Gasteiger partial charge in [0.1, 0.15) is 17.6 Å². The van der Waals surface area contributed by atoms with Crippen LogP contribution in [-0.2, 0) is 9.53 Å². The number of nitrogens with one attached hydrogen (secondary N) is 1. The molecule has 5 nitrogen and oxygen atoms in total. The Morgan fingerprint density at radius 2 is 1.72 bits per heavy atom. The second kappa shape index (κ2) is 10.8. The van der Waals surface area contributed by atoms with E-state index in [2.05, 4.69) is 89.8 Å². The van der Waals surface area contributed by atoms with Crippen LogP contribution in [-0.4, -0.2) is 32.3 Å². The highest BCUT2D eigenvalue weighted by Crippen LogP contribution is 2.40. The Balaban J connectivity index is 1.30. The third-order valence-electron chi connectivity index (χ3n) is 6.90. The first-order valence-corrected chi connectivity index (χ1v) is 12.4. The average Bonchev–Trinajstić information content (AvgIpc) is 2.94. The van der Waals surface area contributed by atoms with Gasteiger partial charge >= 0.3 is 5.97 Å². The molecule has 0 unspecified atom stereocenters. The largest absolute Gasteiger partial charge is 0.489 e. The van der Waals surface area contributed by atoms with Gasteiger partial charge in [0.25, 0.3) is 0 Å². The summed E-state index contributed by atoms with van der Waals surface area (Å²) in [5.41, 5.74) is 3.69. The van der Waals surface area contributed by atoms with Crippen LogP contribution in [0.2, 0.25) is 0 Å². The van der Waals surface area contributed by atoms with Crippen LogP contribution in [0.1, 0.15) is 42.0 Å². The van der Waals surface area contributed by atoms with Gasteiger partial charge in [-0.15, -0.1) is 0 Å². The van der Waals surface area contributed by atoms with Crippen molar-refractivity contribution in [2.24, 2.45) is 0 Å². The van der Waals surface area contributed by atoms with Gasteiger partial charge in [-0.3, -0.25) is 0 Å². The predicted octanol–water partition coefficient (Wildman–Crippen LogP) is 6.03. The number of benzene rings is 4. The van der Waals surface area contributed by atoms with Crippen molar-refractivity contribution in [2.75, 3.05) is 20.3 Å². The molecule has 36 heavy (non-hydrogen) atoms. The fourth-order valence-corrected chi connectivity index (χ4v) is 4.98. The van der Waals surface area contributed by atoms with Crippen molar-refractivity contribution in [2.45, 2.75) is 31.4 Å². The van der Waals surface area contributed by atoms with Crippen molar-refractivity contribution in [3.63, 3.8) is 0 Å². The molecule has 0 saturated heterocycles. The van der Waals surface area contributed by atoms with E-state index in [4.69, 9.17) is 9.47 Å². The zero-order chi connectivity index (χ0) is 24.9. The molecule has 0 saturated carbocycles. The van der Waals surface area contributed by atoms with Crippen LogP contribution in [0.3, 0.4) is 0 Å². The Bertz CT molecular complexity index is 1330. The highest BCUT2D eigenvalue weighted by Gasteiger charge is 2.29. The summed E-state index contributed by atoms with van der Waals surface area (Å²) in [6, 6.07) is 31.4. The number of methoxy groups -OCH3 is 1. The van der Waals surface area contributed by atoms with Gasteiger partial charge in [0.2, 0.25) is 0 Å². The first kappa shape index (κ1) is 23.9. The number of esters is 1. The highest BCUT2D eigenvalue weighted by molar-refractivity contribution is 5.86. The lowest BCUT2D eigenvalue weighted by molar-refractivity contribution is -0.142. The van der Waals surface area contributed by atoms with Crippen molar-refractivity contribution in [1.82, 2.24) is 5.32 Å². The van der Waals surface area contributed by atoms with Crippen molar-refractivity contribution in [1.29, 1.82) is 0 Å². The number of hydrogen-bond donors (Lipinski definition) is 1. The first-order chi connectivity index (χ1) is 17.6. The summed E-state index contributed by atoms with van der Waals surface area (Å²) >= 11 is 0. The van der Waals surface area contributed by atoms with Crippen LogP contribution >= 0.6 is 0 Å². The van der Waals surface area contributed by atoms with Crippen LogP contribution in [0.5, 0.6) is 11.5 Å². The Kier molecular flexibility index (Phi) is 7.19. The van der Waals surface area contributed by atoms with Crippen LogP contribution in [0, 0.1) is 0 Å². The molecule has 1 aliphatic rings. The average molecular weight is 482 g/mol. The minimum Gasteiger partial charge on any atom is -0.489 e. The third-order valence-corrected chi connectivity index (χ3v) is 6.90. The Morgan fingerprint density at radius 1 is 0.972 bits per heavy atom. The lowest BCUT2D eigenvalue weighted by atomic mass is 9.84. The number of ether oxygens (including phenoxy) is 3. The molecule has 0 amide bonds. The lowest BCUT2D eigenvalue weighted by Crippen LogP contribution is -2.37. The summed E-state index contributed by atoms with van der Waals surface area (Å²) in [5.74, 6) is 1.39. The van der Waals surface area contributed by atoms with Crippen LogP contribution in [0.25, 0.3) is 10.8 Å². The van der Waals surface area contributed by atoms with Crippen molar-refractivity contribution >= 4 is 16.7 Å². The maximum Gasteiger partial charge on any atom is 0.343 e. The quantitative estimate of drug-likeness (QED) is 0.312. The van der Waals surface area contributed by atoms with E-state index in [0.29, 0.717) is 5.75 Å². The zero-order valence-corrected chi connectivity index (χ0v) is 20.6. The molecule has 5 heteroatoms. The number of hydrogen-bond acceptors (Lipinski definition) is 5. The molecule has 184 valence electrons. The molecule has 5 rings (SSSR count). The molecular weight excluding hydrogens is 450 g/mol. The van der Waals surface area contributed by atoms with Gasteiger partial charge in [-0.1, -0.05) is 72.8 Å². The number of rotatable bonds is 8. The summed E-state index contributed by atoms with van der Waals surface area (Å²) in [6.45, 7) is 2.86. The standard InChI is InChI=1S/C31H31NO4/c1-21(26-12-7-9-22-8-3-4-10-27(22)26)32-19-25-18-29(28-11-5-6-13-30(28)36-25)23-14-16-24(17-15-23)35-20-31(33)34-2/h3-17,21,25,29,32H,18-20H2,1-2H3/t21-,25-,29+/m1/s1. The van der Waals surface area contributed by atoms with E-state index < -0.39 is 5.97 Å². The number of carbonyl (C=O) groups is 1. The number of carbonyl (C=O) groups excluding carboxylic acids is 1. The fourth-order valence-electron chi connectivity index (χ4n) is 4.98. The van der Waals surface area contributed by atoms with Crippen LogP contribution < -0.4 is 14.8 Å². The zero-order valence-electron chi connectivity index (χ0n) is 20.6. The third kappa shape index (κ3) is 5.21. The molecule has 0 fully saturated rings. The van der Waals surface area contributed by atoms with E-state index in [0.717, 1.165) is 18.7 Å². The van der Waals surface area contributed by atoms with Crippen LogP contribution in [0.4, 0.5) is 0 Å². The number of para-hydroxylation sites is 1. The van der Waals surface area contributed by atoms with Gasteiger partial charge in [0.15, 0.2) is 6.61 Å². The van der Waals surface area contributed by atoms with Crippen molar-refractivity contribution in [3.05, 3.63) is 108 Å².